The Bertz CT molecular complexity index is 801. The van der Waals surface area contributed by atoms with Gasteiger partial charge in [-0.1, -0.05) is 18.2 Å². The van der Waals surface area contributed by atoms with E-state index in [2.05, 4.69) is 16.3 Å². The van der Waals surface area contributed by atoms with E-state index in [-0.39, 0.29) is 6.03 Å². The van der Waals surface area contributed by atoms with Crippen LogP contribution in [0.4, 0.5) is 10.5 Å². The van der Waals surface area contributed by atoms with Crippen LogP contribution < -0.4 is 14.8 Å². The number of carbonyl (C=O) groups excluding carboxylic acids is 1. The van der Waals surface area contributed by atoms with E-state index in [9.17, 15) is 4.79 Å². The van der Waals surface area contributed by atoms with Crippen molar-refractivity contribution in [1.29, 1.82) is 0 Å². The number of methoxy groups -OCH3 is 2. The average Bonchev–Trinajstić information content (AvgIpc) is 2.72. The van der Waals surface area contributed by atoms with Gasteiger partial charge in [0.2, 0.25) is 0 Å². The number of rotatable bonds is 6. The highest BCUT2D eigenvalue weighted by Crippen LogP contribution is 2.27. The number of carbonyl (C=O) groups is 1. The minimum Gasteiger partial charge on any atom is -0.493 e. The molecule has 0 atom stereocenters. The Morgan fingerprint density at radius 2 is 1.75 bits per heavy atom. The van der Waals surface area contributed by atoms with Gasteiger partial charge in [-0.25, -0.2) is 4.79 Å². The standard InChI is InChI=1S/C22H29N3O3/c1-17-5-4-6-19(15-17)23-22(26)25-13-11-24(12-14-25)10-9-18-7-8-20(27-2)21(16-18)28-3/h4-8,15-16H,9-14H2,1-3H3,(H,23,26). The molecule has 0 radical (unpaired) electrons. The fraction of sp³-hybridized carbons (Fsp3) is 0.409. The molecule has 150 valence electrons. The zero-order chi connectivity index (χ0) is 19.9. The second-order valence-corrected chi connectivity index (χ2v) is 7.07. The molecule has 2 aromatic rings. The van der Waals surface area contributed by atoms with Crippen molar-refractivity contribution in [2.45, 2.75) is 13.3 Å². The molecule has 0 unspecified atom stereocenters. The summed E-state index contributed by atoms with van der Waals surface area (Å²) in [6.07, 6.45) is 0.940. The zero-order valence-electron chi connectivity index (χ0n) is 16.9. The van der Waals surface area contributed by atoms with Crippen LogP contribution >= 0.6 is 0 Å². The van der Waals surface area contributed by atoms with Gasteiger partial charge in [-0.05, 0) is 48.7 Å². The molecule has 1 fully saturated rings. The third-order valence-corrected chi connectivity index (χ3v) is 5.09. The van der Waals surface area contributed by atoms with Crippen LogP contribution in [0.25, 0.3) is 0 Å². The number of ether oxygens (including phenoxy) is 2. The first kappa shape index (κ1) is 20.0. The second kappa shape index (κ2) is 9.46. The molecule has 1 aliphatic rings. The van der Waals surface area contributed by atoms with Crippen molar-refractivity contribution in [2.24, 2.45) is 0 Å². The van der Waals surface area contributed by atoms with Gasteiger partial charge < -0.3 is 19.7 Å². The van der Waals surface area contributed by atoms with Crippen molar-refractivity contribution in [3.8, 4) is 11.5 Å². The largest absolute Gasteiger partial charge is 0.493 e. The molecule has 2 amide bonds. The van der Waals surface area contributed by atoms with Gasteiger partial charge in [0.15, 0.2) is 11.5 Å². The summed E-state index contributed by atoms with van der Waals surface area (Å²) in [5.41, 5.74) is 3.20. The Kier molecular flexibility index (Phi) is 6.76. The van der Waals surface area contributed by atoms with Crippen LogP contribution in [-0.4, -0.2) is 62.8 Å². The number of amides is 2. The maximum Gasteiger partial charge on any atom is 0.321 e. The molecule has 1 N–H and O–H groups in total. The van der Waals surface area contributed by atoms with E-state index >= 15 is 0 Å². The number of hydrogen-bond acceptors (Lipinski definition) is 4. The molecular weight excluding hydrogens is 354 g/mol. The Balaban J connectivity index is 1.46. The number of nitrogens with one attached hydrogen (secondary N) is 1. The maximum absolute atomic E-state index is 12.5. The second-order valence-electron chi connectivity index (χ2n) is 7.07. The first-order valence-corrected chi connectivity index (χ1v) is 9.65. The van der Waals surface area contributed by atoms with E-state index < -0.39 is 0 Å². The lowest BCUT2D eigenvalue weighted by Crippen LogP contribution is -2.50. The minimum absolute atomic E-state index is 0.0230. The molecule has 2 aromatic carbocycles. The van der Waals surface area contributed by atoms with Crippen LogP contribution in [-0.2, 0) is 6.42 Å². The summed E-state index contributed by atoms with van der Waals surface area (Å²) in [6.45, 7) is 6.23. The molecule has 1 aliphatic heterocycles. The van der Waals surface area contributed by atoms with Crippen molar-refractivity contribution >= 4 is 11.7 Å². The Morgan fingerprint density at radius 1 is 1.00 bits per heavy atom. The summed E-state index contributed by atoms with van der Waals surface area (Å²) in [5, 5.41) is 2.99. The third kappa shape index (κ3) is 5.16. The zero-order valence-corrected chi connectivity index (χ0v) is 16.9. The monoisotopic (exact) mass is 383 g/mol. The van der Waals surface area contributed by atoms with Gasteiger partial charge >= 0.3 is 6.03 Å². The van der Waals surface area contributed by atoms with Crippen molar-refractivity contribution in [2.75, 3.05) is 52.3 Å². The highest BCUT2D eigenvalue weighted by molar-refractivity contribution is 5.89. The summed E-state index contributed by atoms with van der Waals surface area (Å²) in [4.78, 5) is 16.7. The molecule has 28 heavy (non-hydrogen) atoms. The summed E-state index contributed by atoms with van der Waals surface area (Å²) in [6, 6.07) is 13.9. The molecule has 0 bridgehead atoms. The van der Waals surface area contributed by atoms with Crippen molar-refractivity contribution in [3.05, 3.63) is 53.6 Å². The van der Waals surface area contributed by atoms with Gasteiger partial charge in [0.1, 0.15) is 0 Å². The highest BCUT2D eigenvalue weighted by atomic mass is 16.5. The SMILES string of the molecule is COc1ccc(CCN2CCN(C(=O)Nc3cccc(C)c3)CC2)cc1OC. The first-order valence-electron chi connectivity index (χ1n) is 9.65. The molecule has 3 rings (SSSR count). The molecule has 1 saturated heterocycles. The molecule has 6 nitrogen and oxygen atoms in total. The molecule has 6 heteroatoms. The van der Waals surface area contributed by atoms with Crippen molar-refractivity contribution in [3.63, 3.8) is 0 Å². The van der Waals surface area contributed by atoms with E-state index in [1.165, 1.54) is 5.56 Å². The van der Waals surface area contributed by atoms with Crippen LogP contribution in [0.5, 0.6) is 11.5 Å². The van der Waals surface area contributed by atoms with Gasteiger partial charge in [-0.2, -0.15) is 0 Å². The Hall–Kier alpha value is -2.73. The number of aryl methyl sites for hydroxylation is 1. The molecular formula is C22H29N3O3. The van der Waals surface area contributed by atoms with Crippen LogP contribution in [0.2, 0.25) is 0 Å². The number of piperazine rings is 1. The fourth-order valence-electron chi connectivity index (χ4n) is 3.42. The normalized spacial score (nSPS) is 14.6. The van der Waals surface area contributed by atoms with E-state index in [1.807, 2.05) is 48.2 Å². The smallest absolute Gasteiger partial charge is 0.321 e. The first-order chi connectivity index (χ1) is 13.6. The predicted molar refractivity (Wildman–Crippen MR) is 111 cm³/mol. The lowest BCUT2D eigenvalue weighted by Gasteiger charge is -2.34. The Labute approximate surface area is 167 Å². The molecule has 0 spiro atoms. The number of nitrogens with zero attached hydrogens (tertiary/aromatic N) is 2. The van der Waals surface area contributed by atoms with Crippen LogP contribution in [0, 0.1) is 6.92 Å². The third-order valence-electron chi connectivity index (χ3n) is 5.09. The number of urea groups is 1. The van der Waals surface area contributed by atoms with E-state index in [4.69, 9.17) is 9.47 Å². The minimum atomic E-state index is -0.0230. The van der Waals surface area contributed by atoms with Gasteiger partial charge in [0.05, 0.1) is 14.2 Å². The van der Waals surface area contributed by atoms with Gasteiger partial charge in [-0.3, -0.25) is 4.90 Å². The number of benzene rings is 2. The van der Waals surface area contributed by atoms with Crippen LogP contribution in [0.15, 0.2) is 42.5 Å². The average molecular weight is 383 g/mol. The van der Waals surface area contributed by atoms with Crippen LogP contribution in [0.1, 0.15) is 11.1 Å². The molecule has 0 aliphatic carbocycles. The highest BCUT2D eigenvalue weighted by Gasteiger charge is 2.21. The topological polar surface area (TPSA) is 54.0 Å². The maximum atomic E-state index is 12.5. The summed E-state index contributed by atoms with van der Waals surface area (Å²) in [7, 11) is 3.30. The van der Waals surface area contributed by atoms with Gasteiger partial charge in [-0.15, -0.1) is 0 Å². The van der Waals surface area contributed by atoms with Crippen molar-refractivity contribution in [1.82, 2.24) is 9.80 Å². The predicted octanol–water partition coefficient (Wildman–Crippen LogP) is 3.40. The van der Waals surface area contributed by atoms with E-state index in [0.29, 0.717) is 0 Å². The number of hydrogen-bond donors (Lipinski definition) is 1. The van der Waals surface area contributed by atoms with E-state index in [1.54, 1.807) is 14.2 Å². The van der Waals surface area contributed by atoms with Gasteiger partial charge in [0, 0.05) is 38.4 Å². The quantitative estimate of drug-likeness (QED) is 0.831. The lowest BCUT2D eigenvalue weighted by molar-refractivity contribution is 0.148. The molecule has 0 aromatic heterocycles. The molecule has 1 heterocycles. The fourth-order valence-corrected chi connectivity index (χ4v) is 3.42. The summed E-state index contributed by atoms with van der Waals surface area (Å²) >= 11 is 0. The molecule has 0 saturated carbocycles. The van der Waals surface area contributed by atoms with Gasteiger partial charge in [0.25, 0.3) is 0 Å². The van der Waals surface area contributed by atoms with Crippen LogP contribution in [0.3, 0.4) is 0 Å². The summed E-state index contributed by atoms with van der Waals surface area (Å²) in [5.74, 6) is 1.51. The van der Waals surface area contributed by atoms with Crippen molar-refractivity contribution < 1.29 is 14.3 Å². The van der Waals surface area contributed by atoms with E-state index in [0.717, 1.165) is 61.9 Å². The lowest BCUT2D eigenvalue weighted by atomic mass is 10.1. The Morgan fingerprint density at radius 3 is 2.43 bits per heavy atom. The number of anilines is 1. The summed E-state index contributed by atoms with van der Waals surface area (Å²) < 4.78 is 10.7.